The maximum Gasteiger partial charge on any atom is 0.349 e. The van der Waals surface area contributed by atoms with Crippen LogP contribution < -0.4 is 4.74 Å². The molecule has 2 bridgehead atoms. The van der Waals surface area contributed by atoms with Gasteiger partial charge in [-0.3, -0.25) is 0 Å². The van der Waals surface area contributed by atoms with Crippen LogP contribution in [-0.4, -0.2) is 91.9 Å². The molecule has 2 aromatic carbocycles. The minimum atomic E-state index is -2.45. The van der Waals surface area contributed by atoms with Crippen LogP contribution in [0.2, 0.25) is 0 Å². The molecular formula is C29H29NO11. The minimum Gasteiger partial charge on any atom is -0.504 e. The highest BCUT2D eigenvalue weighted by Crippen LogP contribution is 2.65. The van der Waals surface area contributed by atoms with E-state index < -0.39 is 53.3 Å². The first kappa shape index (κ1) is 27.2. The van der Waals surface area contributed by atoms with E-state index in [1.165, 1.54) is 36.4 Å². The SMILES string of the molecule is CN1CC[C@]23c4c5ccc(O)c4O[C@H]2C(OC(=O)[C@H](O)[C@@H](O)C(=O)OC(C(=O)O)c2ccccc2)=CC[C@@]3(O)[C@H]1C5. The second-order valence-electron chi connectivity index (χ2n) is 11.0. The molecule has 4 aliphatic rings. The van der Waals surface area contributed by atoms with E-state index in [2.05, 4.69) is 4.90 Å². The van der Waals surface area contributed by atoms with Crippen molar-refractivity contribution in [3.8, 4) is 11.5 Å². The Kier molecular flexibility index (Phi) is 6.34. The first-order valence-corrected chi connectivity index (χ1v) is 13.2. The summed E-state index contributed by atoms with van der Waals surface area (Å²) in [6, 6.07) is 10.5. The van der Waals surface area contributed by atoms with Crippen molar-refractivity contribution >= 4 is 17.9 Å². The molecule has 0 amide bonds. The van der Waals surface area contributed by atoms with E-state index in [0.717, 1.165) is 5.56 Å². The van der Waals surface area contributed by atoms with E-state index in [4.69, 9.17) is 14.2 Å². The predicted molar refractivity (Wildman–Crippen MR) is 138 cm³/mol. The number of carbonyl (C=O) groups excluding carboxylic acids is 2. The molecule has 6 rings (SSSR count). The van der Waals surface area contributed by atoms with Gasteiger partial charge in [-0.15, -0.1) is 0 Å². The number of likely N-dealkylation sites (tertiary alicyclic amines) is 1. The molecule has 41 heavy (non-hydrogen) atoms. The number of ether oxygens (including phenoxy) is 3. The lowest BCUT2D eigenvalue weighted by atomic mass is 9.50. The number of aliphatic hydroxyl groups is 3. The summed E-state index contributed by atoms with van der Waals surface area (Å²) in [6.45, 7) is 0.599. The third kappa shape index (κ3) is 3.86. The summed E-state index contributed by atoms with van der Waals surface area (Å²) in [4.78, 5) is 39.2. The van der Waals surface area contributed by atoms with E-state index in [1.54, 1.807) is 12.1 Å². The molecule has 0 aromatic heterocycles. The van der Waals surface area contributed by atoms with Crippen molar-refractivity contribution in [3.63, 3.8) is 0 Å². The Bertz CT molecular complexity index is 1460. The number of likely N-dealkylation sites (N-methyl/N-ethyl adjacent to an activating group) is 1. The maximum atomic E-state index is 13.0. The van der Waals surface area contributed by atoms with E-state index >= 15 is 0 Å². The average molecular weight is 568 g/mol. The van der Waals surface area contributed by atoms with Gasteiger partial charge in [0.15, 0.2) is 29.8 Å². The van der Waals surface area contributed by atoms with Gasteiger partial charge in [0.2, 0.25) is 6.10 Å². The number of carbonyl (C=O) groups is 3. The minimum absolute atomic E-state index is 0.0428. The Labute approximate surface area is 234 Å². The van der Waals surface area contributed by atoms with Crippen molar-refractivity contribution in [2.45, 2.75) is 60.7 Å². The summed E-state index contributed by atoms with van der Waals surface area (Å²) in [6.07, 6.45) is -5.17. The maximum absolute atomic E-state index is 13.0. The van der Waals surface area contributed by atoms with Gasteiger partial charge in [-0.1, -0.05) is 36.4 Å². The number of hydrogen-bond donors (Lipinski definition) is 5. The summed E-state index contributed by atoms with van der Waals surface area (Å²) in [5.74, 6) is -4.43. The fourth-order valence-corrected chi connectivity index (χ4v) is 6.95. The zero-order valence-electron chi connectivity index (χ0n) is 22.0. The molecular weight excluding hydrogens is 538 g/mol. The van der Waals surface area contributed by atoms with Gasteiger partial charge >= 0.3 is 17.9 Å². The summed E-state index contributed by atoms with van der Waals surface area (Å²) in [5.41, 5.74) is -0.679. The predicted octanol–water partition coefficient (Wildman–Crippen LogP) is 0.304. The number of carboxylic acid groups (broad SMARTS) is 1. The molecule has 12 heteroatoms. The molecule has 0 radical (unpaired) electrons. The van der Waals surface area contributed by atoms with Crippen molar-refractivity contribution in [2.24, 2.45) is 0 Å². The van der Waals surface area contributed by atoms with Crippen LogP contribution in [0, 0.1) is 0 Å². The number of aliphatic hydroxyl groups excluding tert-OH is 2. The number of carboxylic acids is 1. The molecule has 1 saturated heterocycles. The standard InChI is InChI=1S/C29H29NO11/c1-30-12-11-28-19-15-7-8-16(31)23(19)40-24(28)17(9-10-29(28,38)18(30)13-15)39-26(36)20(32)21(33)27(37)41-22(25(34)35)14-5-3-2-4-6-14/h2-9,18,20-22,24,31-33,38H,10-13H2,1H3,(H,34,35)/t18-,20-,21-,22?,24+,28+,29-/m1/s1. The Morgan fingerprint density at radius 1 is 1.07 bits per heavy atom. The van der Waals surface area contributed by atoms with Crippen LogP contribution in [0.3, 0.4) is 0 Å². The molecule has 2 heterocycles. The normalized spacial score (nSPS) is 29.7. The van der Waals surface area contributed by atoms with Crippen LogP contribution in [0.4, 0.5) is 0 Å². The topological polar surface area (TPSA) is 183 Å². The van der Waals surface area contributed by atoms with Crippen LogP contribution in [0.25, 0.3) is 0 Å². The Hall–Kier alpha value is -3.97. The average Bonchev–Trinajstić information content (AvgIpc) is 3.32. The number of nitrogens with zero attached hydrogens (tertiary/aromatic N) is 1. The van der Waals surface area contributed by atoms with Gasteiger partial charge in [-0.2, -0.15) is 0 Å². The fourth-order valence-electron chi connectivity index (χ4n) is 6.95. The lowest BCUT2D eigenvalue weighted by Gasteiger charge is -2.61. The second-order valence-corrected chi connectivity index (χ2v) is 11.0. The van der Waals surface area contributed by atoms with E-state index in [9.17, 15) is 39.9 Å². The lowest BCUT2D eigenvalue weighted by Crippen LogP contribution is -2.74. The highest BCUT2D eigenvalue weighted by atomic mass is 16.6. The quantitative estimate of drug-likeness (QED) is 0.289. The monoisotopic (exact) mass is 567 g/mol. The van der Waals surface area contributed by atoms with Crippen LogP contribution in [0.5, 0.6) is 11.5 Å². The van der Waals surface area contributed by atoms with Crippen molar-refractivity contribution < 1.29 is 54.1 Å². The van der Waals surface area contributed by atoms with Gasteiger partial charge in [-0.25, -0.2) is 14.4 Å². The van der Waals surface area contributed by atoms with Crippen molar-refractivity contribution in [1.29, 1.82) is 0 Å². The molecule has 7 atom stereocenters. The zero-order valence-corrected chi connectivity index (χ0v) is 22.0. The molecule has 216 valence electrons. The van der Waals surface area contributed by atoms with Crippen LogP contribution in [-0.2, 0) is 35.7 Å². The summed E-state index contributed by atoms with van der Waals surface area (Å²) >= 11 is 0. The summed E-state index contributed by atoms with van der Waals surface area (Å²) < 4.78 is 16.5. The number of phenols is 1. The number of esters is 2. The number of hydrogen-bond acceptors (Lipinski definition) is 11. The van der Waals surface area contributed by atoms with Gasteiger partial charge in [0.25, 0.3) is 0 Å². The Morgan fingerprint density at radius 3 is 2.49 bits per heavy atom. The smallest absolute Gasteiger partial charge is 0.349 e. The van der Waals surface area contributed by atoms with Gasteiger partial charge in [0.1, 0.15) is 5.76 Å². The number of benzene rings is 2. The summed E-state index contributed by atoms with van der Waals surface area (Å²) in [5, 5.41) is 53.1. The van der Waals surface area contributed by atoms with E-state index in [1.807, 2.05) is 7.05 Å². The van der Waals surface area contributed by atoms with Crippen molar-refractivity contribution in [1.82, 2.24) is 4.90 Å². The van der Waals surface area contributed by atoms with Crippen molar-refractivity contribution in [3.05, 3.63) is 71.0 Å². The number of aliphatic carboxylic acids is 1. The number of piperidine rings is 1. The van der Waals surface area contributed by atoms with Gasteiger partial charge in [-0.05, 0) is 44.1 Å². The first-order valence-electron chi connectivity index (χ1n) is 13.2. The van der Waals surface area contributed by atoms with Gasteiger partial charge < -0.3 is 44.6 Å². The Morgan fingerprint density at radius 2 is 1.78 bits per heavy atom. The van der Waals surface area contributed by atoms with E-state index in [0.29, 0.717) is 24.9 Å². The largest absolute Gasteiger partial charge is 0.504 e. The molecule has 5 N–H and O–H groups in total. The lowest BCUT2D eigenvalue weighted by molar-refractivity contribution is -0.183. The molecule has 1 fully saturated rings. The van der Waals surface area contributed by atoms with Crippen LogP contribution in [0.15, 0.2) is 54.3 Å². The third-order valence-corrected chi connectivity index (χ3v) is 8.91. The summed E-state index contributed by atoms with van der Waals surface area (Å²) in [7, 11) is 1.93. The highest BCUT2D eigenvalue weighted by molar-refractivity contribution is 5.87. The molecule has 2 aliphatic carbocycles. The molecule has 0 saturated carbocycles. The van der Waals surface area contributed by atoms with Crippen LogP contribution in [0.1, 0.15) is 35.6 Å². The van der Waals surface area contributed by atoms with E-state index in [-0.39, 0.29) is 35.3 Å². The zero-order chi connectivity index (χ0) is 29.3. The first-order chi connectivity index (χ1) is 19.5. The number of aromatic hydroxyl groups is 1. The van der Waals surface area contributed by atoms with Gasteiger partial charge in [0, 0.05) is 23.6 Å². The molecule has 1 spiro atoms. The molecule has 12 nitrogen and oxygen atoms in total. The van der Waals surface area contributed by atoms with Crippen LogP contribution >= 0.6 is 0 Å². The third-order valence-electron chi connectivity index (χ3n) is 8.91. The second kappa shape index (κ2) is 9.55. The number of phenolic OH excluding ortho intramolecular Hbond substituents is 1. The number of rotatable bonds is 7. The highest BCUT2D eigenvalue weighted by Gasteiger charge is 2.72. The Balaban J connectivity index is 1.24. The fraction of sp³-hybridized carbons (Fsp3) is 0.414. The molecule has 2 aliphatic heterocycles. The molecule has 2 aromatic rings. The molecule has 1 unspecified atom stereocenters. The van der Waals surface area contributed by atoms with Crippen molar-refractivity contribution in [2.75, 3.05) is 13.6 Å². The van der Waals surface area contributed by atoms with Gasteiger partial charge in [0.05, 0.1) is 11.0 Å².